The van der Waals surface area contributed by atoms with Gasteiger partial charge in [0, 0.05) is 43.8 Å². The molecule has 0 aliphatic carbocycles. The van der Waals surface area contributed by atoms with E-state index in [1.54, 1.807) is 30.6 Å². The van der Waals surface area contributed by atoms with Crippen molar-refractivity contribution in [1.82, 2.24) is 15.3 Å². The topological polar surface area (TPSA) is 58.1 Å². The van der Waals surface area contributed by atoms with Crippen LogP contribution in [-0.2, 0) is 11.0 Å². The third kappa shape index (κ3) is 5.29. The fourth-order valence-corrected chi connectivity index (χ4v) is 2.94. The Morgan fingerprint density at radius 1 is 1.22 bits per heavy atom. The van der Waals surface area contributed by atoms with Gasteiger partial charge >= 0.3 is 6.18 Å². The summed E-state index contributed by atoms with van der Waals surface area (Å²) >= 11 is 0. The molecule has 1 unspecified atom stereocenters. The summed E-state index contributed by atoms with van der Waals surface area (Å²) in [6.07, 6.45) is 4.54. The van der Waals surface area contributed by atoms with Crippen molar-refractivity contribution in [2.24, 2.45) is 0 Å². The minimum absolute atomic E-state index is 0.0857. The Bertz CT molecular complexity index is 791. The van der Waals surface area contributed by atoms with E-state index >= 15 is 0 Å². The maximum absolute atomic E-state index is 12.7. The van der Waals surface area contributed by atoms with Crippen molar-refractivity contribution in [3.8, 4) is 0 Å². The Morgan fingerprint density at radius 3 is 2.67 bits per heavy atom. The molecule has 3 heterocycles. The Balaban J connectivity index is 1.57. The zero-order valence-corrected chi connectivity index (χ0v) is 14.5. The fourth-order valence-electron chi connectivity index (χ4n) is 2.94. The molecule has 5 nitrogen and oxygen atoms in total. The van der Waals surface area contributed by atoms with Crippen LogP contribution in [0.25, 0.3) is 6.08 Å². The molecule has 0 bridgehead atoms. The number of nitrogens with one attached hydrogen (secondary N) is 1. The normalized spacial score (nSPS) is 17.9. The first-order chi connectivity index (χ1) is 12.9. The van der Waals surface area contributed by atoms with Crippen LogP contribution in [0.15, 0.2) is 48.9 Å². The fraction of sp³-hybridized carbons (Fsp3) is 0.316. The van der Waals surface area contributed by atoms with Crippen molar-refractivity contribution in [2.45, 2.75) is 25.1 Å². The highest BCUT2D eigenvalue weighted by Crippen LogP contribution is 2.29. The molecule has 1 aliphatic heterocycles. The monoisotopic (exact) mass is 376 g/mol. The number of aromatic nitrogens is 2. The van der Waals surface area contributed by atoms with E-state index in [4.69, 9.17) is 0 Å². The van der Waals surface area contributed by atoms with Crippen molar-refractivity contribution >= 4 is 17.8 Å². The van der Waals surface area contributed by atoms with Gasteiger partial charge in [-0.2, -0.15) is 13.2 Å². The lowest BCUT2D eigenvalue weighted by atomic mass is 10.1. The summed E-state index contributed by atoms with van der Waals surface area (Å²) in [5, 5.41) is 2.93. The van der Waals surface area contributed by atoms with Crippen LogP contribution in [0.5, 0.6) is 0 Å². The molecule has 1 fully saturated rings. The van der Waals surface area contributed by atoms with Crippen LogP contribution in [0.2, 0.25) is 0 Å². The van der Waals surface area contributed by atoms with E-state index in [2.05, 4.69) is 15.3 Å². The predicted octanol–water partition coefficient (Wildman–Crippen LogP) is 3.29. The zero-order valence-electron chi connectivity index (χ0n) is 14.5. The van der Waals surface area contributed by atoms with E-state index in [0.29, 0.717) is 18.9 Å². The lowest BCUT2D eigenvalue weighted by Gasteiger charge is -2.33. The standard InChI is InChI=1S/C19H19F3N4O/c20-19(21,22)15-4-5-17(24-12-15)26-11-1-2-16(13-26)25-18(27)6-3-14-7-9-23-10-8-14/h3-10,12,16H,1-2,11,13H2,(H,25,27)/b6-3+. The van der Waals surface area contributed by atoms with E-state index in [-0.39, 0.29) is 11.9 Å². The van der Waals surface area contributed by atoms with Crippen LogP contribution in [0.3, 0.4) is 0 Å². The molecule has 1 amide bonds. The molecule has 27 heavy (non-hydrogen) atoms. The van der Waals surface area contributed by atoms with Crippen molar-refractivity contribution in [2.75, 3.05) is 18.0 Å². The second kappa shape index (κ2) is 8.20. The summed E-state index contributed by atoms with van der Waals surface area (Å²) in [7, 11) is 0. The number of pyridine rings is 2. The van der Waals surface area contributed by atoms with Crippen LogP contribution in [0.1, 0.15) is 24.0 Å². The number of amides is 1. The maximum Gasteiger partial charge on any atom is 0.417 e. The highest BCUT2D eigenvalue weighted by atomic mass is 19.4. The molecule has 2 aromatic heterocycles. The van der Waals surface area contributed by atoms with E-state index in [0.717, 1.165) is 30.7 Å². The van der Waals surface area contributed by atoms with Gasteiger partial charge in [0.15, 0.2) is 0 Å². The van der Waals surface area contributed by atoms with Crippen LogP contribution < -0.4 is 10.2 Å². The molecule has 2 aromatic rings. The lowest BCUT2D eigenvalue weighted by Crippen LogP contribution is -2.47. The number of hydrogen-bond donors (Lipinski definition) is 1. The Kier molecular flexibility index (Phi) is 5.73. The summed E-state index contributed by atoms with van der Waals surface area (Å²) in [6.45, 7) is 1.20. The van der Waals surface area contributed by atoms with Crippen LogP contribution >= 0.6 is 0 Å². The van der Waals surface area contributed by atoms with E-state index in [1.165, 1.54) is 12.1 Å². The first-order valence-corrected chi connectivity index (χ1v) is 8.58. The zero-order chi connectivity index (χ0) is 19.3. The maximum atomic E-state index is 12.7. The Morgan fingerprint density at radius 2 is 2.00 bits per heavy atom. The number of hydrogen-bond acceptors (Lipinski definition) is 4. The van der Waals surface area contributed by atoms with Crippen molar-refractivity contribution in [3.63, 3.8) is 0 Å². The Hall–Kier alpha value is -2.90. The molecular weight excluding hydrogens is 357 g/mol. The number of alkyl halides is 3. The highest BCUT2D eigenvalue weighted by Gasteiger charge is 2.31. The molecule has 1 atom stereocenters. The first-order valence-electron chi connectivity index (χ1n) is 8.58. The molecule has 0 radical (unpaired) electrons. The van der Waals surface area contributed by atoms with Crippen LogP contribution in [0, 0.1) is 0 Å². The number of nitrogens with zero attached hydrogens (tertiary/aromatic N) is 3. The number of carbonyl (C=O) groups is 1. The van der Waals surface area contributed by atoms with Crippen molar-refractivity contribution in [3.05, 3.63) is 60.1 Å². The minimum atomic E-state index is -4.40. The van der Waals surface area contributed by atoms with Gasteiger partial charge in [0.1, 0.15) is 5.82 Å². The molecule has 3 rings (SSSR count). The van der Waals surface area contributed by atoms with E-state index in [9.17, 15) is 18.0 Å². The van der Waals surface area contributed by atoms with Gasteiger partial charge in [-0.25, -0.2) is 4.98 Å². The largest absolute Gasteiger partial charge is 0.417 e. The molecule has 142 valence electrons. The average Bonchev–Trinajstić information content (AvgIpc) is 2.67. The van der Waals surface area contributed by atoms with Crippen molar-refractivity contribution < 1.29 is 18.0 Å². The van der Waals surface area contributed by atoms with Gasteiger partial charge < -0.3 is 10.2 Å². The SMILES string of the molecule is O=C(/C=C/c1ccncc1)NC1CCCN(c2ccc(C(F)(F)F)cn2)C1. The Labute approximate surface area is 154 Å². The number of anilines is 1. The smallest absolute Gasteiger partial charge is 0.355 e. The van der Waals surface area contributed by atoms with Gasteiger partial charge in [-0.05, 0) is 48.7 Å². The highest BCUT2D eigenvalue weighted by molar-refractivity contribution is 5.91. The molecule has 8 heteroatoms. The van der Waals surface area contributed by atoms with Crippen LogP contribution in [0.4, 0.5) is 19.0 Å². The molecule has 1 N–H and O–H groups in total. The summed E-state index contributed by atoms with van der Waals surface area (Å²) in [4.78, 5) is 21.8. The minimum Gasteiger partial charge on any atom is -0.355 e. The second-order valence-electron chi connectivity index (χ2n) is 6.31. The molecule has 0 spiro atoms. The van der Waals surface area contributed by atoms with Gasteiger partial charge in [-0.15, -0.1) is 0 Å². The third-order valence-corrected chi connectivity index (χ3v) is 4.30. The quantitative estimate of drug-likeness (QED) is 0.832. The molecule has 1 saturated heterocycles. The van der Waals surface area contributed by atoms with Gasteiger partial charge in [0.05, 0.1) is 5.56 Å². The predicted molar refractivity (Wildman–Crippen MR) is 95.9 cm³/mol. The summed E-state index contributed by atoms with van der Waals surface area (Å²) in [5.74, 6) is 0.272. The second-order valence-corrected chi connectivity index (χ2v) is 6.31. The summed E-state index contributed by atoms with van der Waals surface area (Å²) < 4.78 is 38.0. The molecule has 1 aliphatic rings. The number of carbonyl (C=O) groups excluding carboxylic acids is 1. The van der Waals surface area contributed by atoms with E-state index < -0.39 is 11.7 Å². The number of halogens is 3. The lowest BCUT2D eigenvalue weighted by molar-refractivity contribution is -0.137. The van der Waals surface area contributed by atoms with Gasteiger partial charge in [0.2, 0.25) is 5.91 Å². The third-order valence-electron chi connectivity index (χ3n) is 4.30. The number of rotatable bonds is 4. The molecular formula is C19H19F3N4O. The number of piperidine rings is 1. The van der Waals surface area contributed by atoms with E-state index in [1.807, 2.05) is 4.90 Å². The molecule has 0 aromatic carbocycles. The summed E-state index contributed by atoms with van der Waals surface area (Å²) in [6, 6.07) is 5.90. The van der Waals surface area contributed by atoms with Gasteiger partial charge in [0.25, 0.3) is 0 Å². The summed E-state index contributed by atoms with van der Waals surface area (Å²) in [5.41, 5.74) is 0.105. The van der Waals surface area contributed by atoms with Crippen LogP contribution in [-0.4, -0.2) is 35.0 Å². The molecule has 0 saturated carbocycles. The van der Waals surface area contributed by atoms with Crippen molar-refractivity contribution in [1.29, 1.82) is 0 Å². The van der Waals surface area contributed by atoms with Gasteiger partial charge in [-0.1, -0.05) is 0 Å². The first kappa shape index (κ1) is 18.9. The van der Waals surface area contributed by atoms with Gasteiger partial charge in [-0.3, -0.25) is 9.78 Å². The average molecular weight is 376 g/mol.